The lowest BCUT2D eigenvalue weighted by atomic mass is 9.86. The van der Waals surface area contributed by atoms with Gasteiger partial charge in [0.25, 0.3) is 0 Å². The molecule has 0 saturated carbocycles. The number of rotatable bonds is 3. The summed E-state index contributed by atoms with van der Waals surface area (Å²) in [4.78, 5) is 0. The lowest BCUT2D eigenvalue weighted by Gasteiger charge is -2.19. The van der Waals surface area contributed by atoms with Crippen molar-refractivity contribution in [3.05, 3.63) is 18.4 Å². The molecule has 0 N–H and O–H groups in total. The molecule has 0 unspecified atom stereocenters. The normalized spacial score (nSPS) is 10.7. The Morgan fingerprint density at radius 2 is 1.50 bits per heavy atom. The molecule has 0 aliphatic carbocycles. The predicted molar refractivity (Wildman–Crippen MR) is 46.9 cm³/mol. The summed E-state index contributed by atoms with van der Waals surface area (Å²) in [6.07, 6.45) is 2.08. The molecular formula is C10H18. The van der Waals surface area contributed by atoms with E-state index < -0.39 is 0 Å². The van der Waals surface area contributed by atoms with E-state index in [-0.39, 0.29) is 0 Å². The minimum absolute atomic E-state index is 0.637. The third-order valence-electron chi connectivity index (χ3n) is 1.85. The molecule has 0 spiro atoms. The third-order valence-corrected chi connectivity index (χ3v) is 1.85. The van der Waals surface area contributed by atoms with Crippen LogP contribution in [0.25, 0.3) is 0 Å². The minimum atomic E-state index is 0.637. The monoisotopic (exact) mass is 138 g/mol. The van der Waals surface area contributed by atoms with Crippen molar-refractivity contribution in [3.63, 3.8) is 0 Å². The quantitative estimate of drug-likeness (QED) is 0.525. The molecule has 0 bridgehead atoms. The molecule has 0 amide bonds. The molecule has 0 atom stereocenters. The van der Waals surface area contributed by atoms with Gasteiger partial charge in [-0.2, -0.15) is 0 Å². The van der Waals surface area contributed by atoms with E-state index in [1.54, 1.807) is 0 Å². The van der Waals surface area contributed by atoms with E-state index >= 15 is 0 Å². The molecule has 58 valence electrons. The zero-order valence-corrected chi connectivity index (χ0v) is 7.52. The summed E-state index contributed by atoms with van der Waals surface area (Å²) in [5.41, 5.74) is 2.86. The summed E-state index contributed by atoms with van der Waals surface area (Å²) < 4.78 is 0. The highest BCUT2D eigenvalue weighted by atomic mass is 14.2. The smallest absolute Gasteiger partial charge is 0.0111 e. The van der Waals surface area contributed by atoms with Crippen LogP contribution in [0.5, 0.6) is 0 Å². The van der Waals surface area contributed by atoms with E-state index in [1.807, 2.05) is 0 Å². The molecule has 0 fully saturated rings. The van der Waals surface area contributed by atoms with Gasteiger partial charge in [-0.3, -0.25) is 0 Å². The average Bonchev–Trinajstić information content (AvgIpc) is 1.81. The van der Waals surface area contributed by atoms with Crippen molar-refractivity contribution in [2.45, 2.75) is 27.7 Å². The van der Waals surface area contributed by atoms with E-state index in [0.717, 1.165) is 0 Å². The fourth-order valence-corrected chi connectivity index (χ4v) is 1.29. The van der Waals surface area contributed by atoms with Gasteiger partial charge in [-0.05, 0) is 23.8 Å². The molecular weight excluding hydrogens is 120 g/mol. The molecule has 0 aliphatic rings. The maximum atomic E-state index is 3.58. The van der Waals surface area contributed by atoms with Crippen molar-refractivity contribution >= 4 is 0 Å². The van der Waals surface area contributed by atoms with Gasteiger partial charge in [-0.1, -0.05) is 34.3 Å². The molecule has 0 radical (unpaired) electrons. The first kappa shape index (κ1) is 9.52. The van der Waals surface area contributed by atoms with Crippen molar-refractivity contribution in [1.82, 2.24) is 0 Å². The second-order valence-corrected chi connectivity index (χ2v) is 3.44. The highest BCUT2D eigenvalue weighted by molar-refractivity contribution is 4.87. The molecule has 0 saturated heterocycles. The second-order valence-electron chi connectivity index (χ2n) is 3.44. The Balaban J connectivity index is 4.11. The van der Waals surface area contributed by atoms with Gasteiger partial charge in [0, 0.05) is 0 Å². The lowest BCUT2D eigenvalue weighted by Crippen LogP contribution is -2.12. The molecule has 0 heteroatoms. The van der Waals surface area contributed by atoms with Crippen LogP contribution in [0, 0.1) is 17.8 Å². The summed E-state index contributed by atoms with van der Waals surface area (Å²) in [6, 6.07) is 0. The van der Waals surface area contributed by atoms with E-state index in [1.165, 1.54) is 0 Å². The Hall–Kier alpha value is -0.480. The second kappa shape index (κ2) is 4.35. The van der Waals surface area contributed by atoms with Gasteiger partial charge in [0.15, 0.2) is 0 Å². The zero-order chi connectivity index (χ0) is 8.15. The summed E-state index contributed by atoms with van der Waals surface area (Å²) >= 11 is 0. The van der Waals surface area contributed by atoms with Crippen LogP contribution in [0.15, 0.2) is 18.4 Å². The molecule has 0 aromatic rings. The van der Waals surface area contributed by atoms with Crippen LogP contribution in [0.1, 0.15) is 27.7 Å². The maximum Gasteiger partial charge on any atom is -0.0111 e. The standard InChI is InChI=1S/C10H18/c1-6-7-10(8(2)3)9(4)5/h7-10H,1H2,2-5H3. The van der Waals surface area contributed by atoms with Gasteiger partial charge in [-0.25, -0.2) is 0 Å². The van der Waals surface area contributed by atoms with Gasteiger partial charge < -0.3 is 0 Å². The molecule has 0 nitrogen and oxygen atoms in total. The first-order valence-electron chi connectivity index (χ1n) is 3.95. The highest BCUT2D eigenvalue weighted by Gasteiger charge is 2.12. The SMILES string of the molecule is C=C=CC(C(C)C)C(C)C. The Morgan fingerprint density at radius 1 is 1.10 bits per heavy atom. The van der Waals surface area contributed by atoms with Crippen molar-refractivity contribution in [1.29, 1.82) is 0 Å². The van der Waals surface area contributed by atoms with E-state index in [4.69, 9.17) is 0 Å². The minimum Gasteiger partial charge on any atom is -0.133 e. The number of hydrogen-bond donors (Lipinski definition) is 0. The molecule has 0 aromatic heterocycles. The number of allylic oxidation sites excluding steroid dienone is 1. The maximum absolute atomic E-state index is 3.58. The van der Waals surface area contributed by atoms with Gasteiger partial charge in [0.2, 0.25) is 0 Å². The fourth-order valence-electron chi connectivity index (χ4n) is 1.29. The molecule has 0 aliphatic heterocycles. The Kier molecular flexibility index (Phi) is 4.14. The molecule has 0 aromatic carbocycles. The van der Waals surface area contributed by atoms with Crippen LogP contribution < -0.4 is 0 Å². The number of hydrogen-bond acceptors (Lipinski definition) is 0. The van der Waals surface area contributed by atoms with Crippen molar-refractivity contribution in [2.24, 2.45) is 17.8 Å². The molecule has 0 heterocycles. The summed E-state index contributed by atoms with van der Waals surface area (Å²) in [5.74, 6) is 2.04. The van der Waals surface area contributed by atoms with Gasteiger partial charge in [0.05, 0.1) is 0 Å². The van der Waals surface area contributed by atoms with Crippen LogP contribution in [0.3, 0.4) is 0 Å². The first-order chi connectivity index (χ1) is 4.59. The average molecular weight is 138 g/mol. The van der Waals surface area contributed by atoms with Gasteiger partial charge in [-0.15, -0.1) is 5.73 Å². The van der Waals surface area contributed by atoms with Gasteiger partial charge in [0.1, 0.15) is 0 Å². The predicted octanol–water partition coefficient (Wildman–Crippen LogP) is 3.26. The van der Waals surface area contributed by atoms with E-state index in [9.17, 15) is 0 Å². The largest absolute Gasteiger partial charge is 0.133 e. The summed E-state index contributed by atoms with van der Waals surface area (Å²) in [6.45, 7) is 12.5. The highest BCUT2D eigenvalue weighted by Crippen LogP contribution is 2.20. The van der Waals surface area contributed by atoms with Crippen LogP contribution >= 0.6 is 0 Å². The first-order valence-corrected chi connectivity index (χ1v) is 3.95. The lowest BCUT2D eigenvalue weighted by molar-refractivity contribution is 0.356. The Bertz CT molecular complexity index is 117. The van der Waals surface area contributed by atoms with Crippen molar-refractivity contribution in [3.8, 4) is 0 Å². The molecule has 0 rings (SSSR count). The van der Waals surface area contributed by atoms with E-state index in [0.29, 0.717) is 17.8 Å². The van der Waals surface area contributed by atoms with E-state index in [2.05, 4.69) is 46.1 Å². The van der Waals surface area contributed by atoms with Gasteiger partial charge >= 0.3 is 0 Å². The topological polar surface area (TPSA) is 0 Å². The molecule has 10 heavy (non-hydrogen) atoms. The summed E-state index contributed by atoms with van der Waals surface area (Å²) in [5, 5.41) is 0. The van der Waals surface area contributed by atoms with Crippen LogP contribution in [0.4, 0.5) is 0 Å². The Labute approximate surface area is 64.6 Å². The van der Waals surface area contributed by atoms with Crippen LogP contribution in [-0.2, 0) is 0 Å². The van der Waals surface area contributed by atoms with Crippen molar-refractivity contribution < 1.29 is 0 Å². The van der Waals surface area contributed by atoms with Crippen LogP contribution in [0.2, 0.25) is 0 Å². The summed E-state index contributed by atoms with van der Waals surface area (Å²) in [7, 11) is 0. The zero-order valence-electron chi connectivity index (χ0n) is 7.52. The fraction of sp³-hybridized carbons (Fsp3) is 0.700. The third kappa shape index (κ3) is 2.89. The van der Waals surface area contributed by atoms with Crippen LogP contribution in [-0.4, -0.2) is 0 Å². The Morgan fingerprint density at radius 3 is 1.60 bits per heavy atom. The van der Waals surface area contributed by atoms with Crippen molar-refractivity contribution in [2.75, 3.05) is 0 Å².